The lowest BCUT2D eigenvalue weighted by Crippen LogP contribution is -2.47. The van der Waals surface area contributed by atoms with Gasteiger partial charge in [-0.25, -0.2) is 0 Å². The zero-order chi connectivity index (χ0) is 27.1. The quantitative estimate of drug-likeness (QED) is 0.402. The third-order valence-electron chi connectivity index (χ3n) is 6.11. The molecule has 1 aliphatic rings. The van der Waals surface area contributed by atoms with Crippen molar-refractivity contribution in [3.63, 3.8) is 0 Å². The van der Waals surface area contributed by atoms with Gasteiger partial charge in [-0.15, -0.1) is 0 Å². The van der Waals surface area contributed by atoms with Gasteiger partial charge in [0.2, 0.25) is 0 Å². The number of hydrogen-bond donors (Lipinski definition) is 1. The molecule has 1 amide bonds. The number of benzene rings is 1. The number of amides is 1. The monoisotopic (exact) mass is 533 g/mol. The third kappa shape index (κ3) is 7.68. The fourth-order valence-corrected chi connectivity index (χ4v) is 3.99. The second kappa shape index (κ2) is 12.3. The Balaban J connectivity index is 1.27. The van der Waals surface area contributed by atoms with E-state index in [-0.39, 0.29) is 31.5 Å². The summed E-state index contributed by atoms with van der Waals surface area (Å²) in [6.45, 7) is 1.90. The van der Waals surface area contributed by atoms with E-state index in [1.807, 2.05) is 19.1 Å². The molecule has 3 unspecified atom stereocenters. The third-order valence-corrected chi connectivity index (χ3v) is 6.11. The standard InChI is InChI=1S/C26H30F3N5O4/c1-18-3-5-20(6-4-18)36-12-11-33(2)24(26(27,28)29)16-34-15-19(14-31-34)32-25(35)23-13-22(17-37-23)38-21-7-9-30-10-8-21/h3-10,14-15,22-24H,11-13,16-17H2,1-2H3,(H,32,35). The summed E-state index contributed by atoms with van der Waals surface area (Å²) in [6, 6.07) is 8.94. The van der Waals surface area contributed by atoms with Gasteiger partial charge in [0.1, 0.15) is 36.4 Å². The van der Waals surface area contributed by atoms with E-state index in [2.05, 4.69) is 15.4 Å². The number of hydrogen-bond acceptors (Lipinski definition) is 7. The molecular formula is C26H30F3N5O4. The van der Waals surface area contributed by atoms with Gasteiger partial charge >= 0.3 is 6.18 Å². The highest BCUT2D eigenvalue weighted by Gasteiger charge is 2.42. The van der Waals surface area contributed by atoms with Crippen molar-refractivity contribution >= 4 is 11.6 Å². The molecule has 2 aromatic heterocycles. The summed E-state index contributed by atoms with van der Waals surface area (Å²) >= 11 is 0. The maximum Gasteiger partial charge on any atom is 0.405 e. The van der Waals surface area contributed by atoms with Crippen molar-refractivity contribution in [3.8, 4) is 11.5 Å². The van der Waals surface area contributed by atoms with Crippen molar-refractivity contribution in [1.29, 1.82) is 0 Å². The molecule has 0 radical (unpaired) electrons. The smallest absolute Gasteiger partial charge is 0.405 e. The molecule has 1 aliphatic heterocycles. The SMILES string of the molecule is Cc1ccc(OCCN(C)C(Cn2cc(NC(=O)C3CC(Oc4ccncc4)CO3)cn2)C(F)(F)F)cc1. The summed E-state index contributed by atoms with van der Waals surface area (Å²) in [4.78, 5) is 17.7. The lowest BCUT2D eigenvalue weighted by Gasteiger charge is -2.29. The van der Waals surface area contributed by atoms with Crippen LogP contribution in [0, 0.1) is 6.92 Å². The highest BCUT2D eigenvalue weighted by molar-refractivity contribution is 5.94. The van der Waals surface area contributed by atoms with E-state index in [1.165, 1.54) is 24.3 Å². The van der Waals surface area contributed by atoms with Crippen molar-refractivity contribution in [2.45, 2.75) is 44.3 Å². The van der Waals surface area contributed by atoms with Crippen LogP contribution in [0.4, 0.5) is 18.9 Å². The van der Waals surface area contributed by atoms with Gasteiger partial charge in [-0.1, -0.05) is 17.7 Å². The van der Waals surface area contributed by atoms with Crippen LogP contribution in [0.25, 0.3) is 0 Å². The fourth-order valence-electron chi connectivity index (χ4n) is 3.99. The Labute approximate surface area is 218 Å². The second-order valence-electron chi connectivity index (χ2n) is 9.12. The summed E-state index contributed by atoms with van der Waals surface area (Å²) in [5, 5.41) is 6.67. The van der Waals surface area contributed by atoms with Gasteiger partial charge in [-0.05, 0) is 38.2 Å². The second-order valence-corrected chi connectivity index (χ2v) is 9.12. The molecule has 38 heavy (non-hydrogen) atoms. The van der Waals surface area contributed by atoms with E-state index in [9.17, 15) is 18.0 Å². The Kier molecular flexibility index (Phi) is 8.85. The zero-order valence-corrected chi connectivity index (χ0v) is 21.1. The number of aromatic nitrogens is 3. The predicted octanol–water partition coefficient (Wildman–Crippen LogP) is 3.70. The number of likely N-dealkylation sites (N-methyl/N-ethyl adjacent to an activating group) is 1. The zero-order valence-electron chi connectivity index (χ0n) is 21.1. The van der Waals surface area contributed by atoms with E-state index >= 15 is 0 Å². The van der Waals surface area contributed by atoms with Crippen LogP contribution in [0.1, 0.15) is 12.0 Å². The van der Waals surface area contributed by atoms with Crippen LogP contribution in [0.15, 0.2) is 61.2 Å². The molecule has 4 rings (SSSR count). The molecule has 0 saturated carbocycles. The molecule has 3 aromatic rings. The highest BCUT2D eigenvalue weighted by Crippen LogP contribution is 2.26. The molecule has 0 bridgehead atoms. The summed E-state index contributed by atoms with van der Waals surface area (Å²) in [5.74, 6) is 0.812. The Bertz CT molecular complexity index is 1170. The van der Waals surface area contributed by atoms with Crippen LogP contribution in [0.5, 0.6) is 11.5 Å². The van der Waals surface area contributed by atoms with E-state index in [1.54, 1.807) is 36.7 Å². The Morgan fingerprint density at radius 2 is 1.95 bits per heavy atom. The van der Waals surface area contributed by atoms with Gasteiger partial charge < -0.3 is 19.5 Å². The van der Waals surface area contributed by atoms with Crippen LogP contribution < -0.4 is 14.8 Å². The largest absolute Gasteiger partial charge is 0.492 e. The van der Waals surface area contributed by atoms with E-state index < -0.39 is 30.8 Å². The van der Waals surface area contributed by atoms with E-state index in [0.717, 1.165) is 10.2 Å². The Hall–Kier alpha value is -3.64. The van der Waals surface area contributed by atoms with Crippen molar-refractivity contribution in [2.75, 3.05) is 32.1 Å². The fraction of sp³-hybridized carbons (Fsp3) is 0.423. The average molecular weight is 534 g/mol. The molecule has 0 aliphatic carbocycles. The minimum absolute atomic E-state index is 0.0602. The molecule has 3 atom stereocenters. The Morgan fingerprint density at radius 1 is 1.21 bits per heavy atom. The maximum absolute atomic E-state index is 13.8. The van der Waals surface area contributed by atoms with Gasteiger partial charge in [0.15, 0.2) is 0 Å². The van der Waals surface area contributed by atoms with Gasteiger partial charge in [-0.2, -0.15) is 18.3 Å². The number of halogens is 3. The summed E-state index contributed by atoms with van der Waals surface area (Å²) in [5.41, 5.74) is 1.35. The van der Waals surface area contributed by atoms with Crippen molar-refractivity contribution in [3.05, 3.63) is 66.7 Å². The number of rotatable bonds is 11. The summed E-state index contributed by atoms with van der Waals surface area (Å²) < 4.78 is 59.6. The normalized spacial score (nSPS) is 18.4. The van der Waals surface area contributed by atoms with Crippen LogP contribution in [-0.2, 0) is 16.1 Å². The van der Waals surface area contributed by atoms with E-state index in [4.69, 9.17) is 14.2 Å². The molecule has 9 nitrogen and oxygen atoms in total. The van der Waals surface area contributed by atoms with Gasteiger partial charge in [0.25, 0.3) is 5.91 Å². The highest BCUT2D eigenvalue weighted by atomic mass is 19.4. The van der Waals surface area contributed by atoms with Crippen LogP contribution >= 0.6 is 0 Å². The minimum Gasteiger partial charge on any atom is -0.492 e. The molecule has 1 saturated heterocycles. The lowest BCUT2D eigenvalue weighted by atomic mass is 10.2. The van der Waals surface area contributed by atoms with Crippen LogP contribution in [0.3, 0.4) is 0 Å². The first-order valence-electron chi connectivity index (χ1n) is 12.2. The number of nitrogens with zero attached hydrogens (tertiary/aromatic N) is 4. The number of nitrogens with one attached hydrogen (secondary N) is 1. The number of alkyl halides is 3. The van der Waals surface area contributed by atoms with Gasteiger partial charge in [-0.3, -0.25) is 19.4 Å². The number of aryl methyl sites for hydroxylation is 1. The number of carbonyl (C=O) groups is 1. The molecule has 12 heteroatoms. The van der Waals surface area contributed by atoms with Crippen molar-refractivity contribution in [2.24, 2.45) is 0 Å². The number of ether oxygens (including phenoxy) is 3. The first-order valence-corrected chi connectivity index (χ1v) is 12.2. The Morgan fingerprint density at radius 3 is 2.66 bits per heavy atom. The topological polar surface area (TPSA) is 90.7 Å². The molecular weight excluding hydrogens is 503 g/mol. The van der Waals surface area contributed by atoms with Gasteiger partial charge in [0, 0.05) is 31.6 Å². The molecule has 1 fully saturated rings. The van der Waals surface area contributed by atoms with Crippen molar-refractivity contribution in [1.82, 2.24) is 19.7 Å². The molecule has 1 N–H and O–H groups in total. The van der Waals surface area contributed by atoms with E-state index in [0.29, 0.717) is 17.9 Å². The van der Waals surface area contributed by atoms with Crippen LogP contribution in [0.2, 0.25) is 0 Å². The maximum atomic E-state index is 13.8. The summed E-state index contributed by atoms with van der Waals surface area (Å²) in [7, 11) is 1.39. The van der Waals surface area contributed by atoms with Crippen LogP contribution in [-0.4, -0.2) is 76.8 Å². The molecule has 3 heterocycles. The molecule has 204 valence electrons. The first kappa shape index (κ1) is 27.4. The molecule has 1 aromatic carbocycles. The number of pyridine rings is 1. The number of carbonyl (C=O) groups excluding carboxylic acids is 1. The summed E-state index contributed by atoms with van der Waals surface area (Å²) in [6.07, 6.45) is 0.699. The molecule has 0 spiro atoms. The average Bonchev–Trinajstić information content (AvgIpc) is 3.53. The lowest BCUT2D eigenvalue weighted by molar-refractivity contribution is -0.185. The first-order chi connectivity index (χ1) is 18.2. The number of anilines is 1. The predicted molar refractivity (Wildman–Crippen MR) is 133 cm³/mol. The van der Waals surface area contributed by atoms with Gasteiger partial charge in [0.05, 0.1) is 25.0 Å². The van der Waals surface area contributed by atoms with Crippen molar-refractivity contribution < 1.29 is 32.2 Å². The minimum atomic E-state index is -4.49.